The molecular formula is C20H22N2O2S. The minimum absolute atomic E-state index is 0.216. The molecule has 2 aromatic carbocycles. The second-order valence-electron chi connectivity index (χ2n) is 6.91. The zero-order valence-corrected chi connectivity index (χ0v) is 15.3. The first-order valence-corrected chi connectivity index (χ1v) is 10.0. The van der Waals surface area contributed by atoms with Crippen molar-refractivity contribution in [2.24, 2.45) is 0 Å². The van der Waals surface area contributed by atoms with Crippen LogP contribution in [0, 0.1) is 13.8 Å². The van der Waals surface area contributed by atoms with Gasteiger partial charge >= 0.3 is 0 Å². The monoisotopic (exact) mass is 354 g/mol. The van der Waals surface area contributed by atoms with Crippen molar-refractivity contribution in [1.82, 2.24) is 9.29 Å². The predicted molar refractivity (Wildman–Crippen MR) is 100 cm³/mol. The number of aromatic nitrogens is 1. The van der Waals surface area contributed by atoms with E-state index in [1.807, 2.05) is 32.0 Å². The topological polar surface area (TPSA) is 53.2 Å². The Balaban J connectivity index is 1.59. The lowest BCUT2D eigenvalue weighted by atomic mass is 10.1. The fourth-order valence-electron chi connectivity index (χ4n) is 3.54. The zero-order valence-electron chi connectivity index (χ0n) is 14.5. The summed E-state index contributed by atoms with van der Waals surface area (Å²) < 4.78 is 27.5. The van der Waals surface area contributed by atoms with Crippen molar-refractivity contribution < 1.29 is 8.42 Å². The van der Waals surface area contributed by atoms with Gasteiger partial charge in [-0.3, -0.25) is 0 Å². The van der Waals surface area contributed by atoms with Gasteiger partial charge in [-0.05, 0) is 61.0 Å². The molecule has 2 heterocycles. The summed E-state index contributed by atoms with van der Waals surface area (Å²) in [5, 5.41) is 1.17. The number of rotatable bonds is 3. The highest BCUT2D eigenvalue weighted by Crippen LogP contribution is 2.32. The highest BCUT2D eigenvalue weighted by Gasteiger charge is 2.34. The largest absolute Gasteiger partial charge is 0.358 e. The molecule has 0 radical (unpaired) electrons. The van der Waals surface area contributed by atoms with Gasteiger partial charge in [0.2, 0.25) is 10.0 Å². The van der Waals surface area contributed by atoms with Crippen LogP contribution in [0.15, 0.2) is 53.4 Å². The van der Waals surface area contributed by atoms with Crippen LogP contribution in [0.25, 0.3) is 10.9 Å². The van der Waals surface area contributed by atoms with Crippen molar-refractivity contribution in [1.29, 1.82) is 0 Å². The van der Waals surface area contributed by atoms with E-state index in [4.69, 9.17) is 0 Å². The summed E-state index contributed by atoms with van der Waals surface area (Å²) in [6, 6.07) is 15.7. The highest BCUT2D eigenvalue weighted by atomic mass is 32.2. The summed E-state index contributed by atoms with van der Waals surface area (Å²) in [6.07, 6.45) is 0.844. The summed E-state index contributed by atoms with van der Waals surface area (Å²) in [7, 11) is -3.43. The van der Waals surface area contributed by atoms with E-state index in [1.54, 1.807) is 16.4 Å². The molecule has 4 nitrogen and oxygen atoms in total. The average Bonchev–Trinajstić information content (AvgIpc) is 3.23. The van der Waals surface area contributed by atoms with Gasteiger partial charge in [-0.25, -0.2) is 8.42 Å². The van der Waals surface area contributed by atoms with Crippen LogP contribution < -0.4 is 0 Å². The number of para-hydroxylation sites is 1. The van der Waals surface area contributed by atoms with Crippen LogP contribution in [0.3, 0.4) is 0 Å². The van der Waals surface area contributed by atoms with Crippen LogP contribution in [-0.2, 0) is 10.0 Å². The molecule has 130 valence electrons. The molecule has 5 heteroatoms. The van der Waals surface area contributed by atoms with Crippen molar-refractivity contribution in [3.63, 3.8) is 0 Å². The lowest BCUT2D eigenvalue weighted by Gasteiger charge is -2.17. The number of H-pyrrole nitrogens is 1. The van der Waals surface area contributed by atoms with Gasteiger partial charge in [0.1, 0.15) is 0 Å². The average molecular weight is 354 g/mol. The van der Waals surface area contributed by atoms with E-state index in [-0.39, 0.29) is 5.92 Å². The number of fused-ring (bicyclic) bond motifs is 1. The molecule has 0 saturated carbocycles. The van der Waals surface area contributed by atoms with E-state index >= 15 is 0 Å². The van der Waals surface area contributed by atoms with E-state index in [0.717, 1.165) is 28.8 Å². The lowest BCUT2D eigenvalue weighted by molar-refractivity contribution is 0.472. The summed E-state index contributed by atoms with van der Waals surface area (Å²) >= 11 is 0. The van der Waals surface area contributed by atoms with Gasteiger partial charge in [-0.1, -0.05) is 24.3 Å². The van der Waals surface area contributed by atoms with E-state index in [2.05, 4.69) is 23.2 Å². The molecule has 1 saturated heterocycles. The SMILES string of the molecule is Cc1ccc(S(=O)(=O)N2CCC(c3cc4ccccc4[nH]3)C2)cc1C. The number of benzene rings is 2. The Morgan fingerprint density at radius 1 is 1.04 bits per heavy atom. The number of hydrogen-bond donors (Lipinski definition) is 1. The third kappa shape index (κ3) is 2.87. The van der Waals surface area contributed by atoms with Crippen LogP contribution in [0.4, 0.5) is 0 Å². The summed E-state index contributed by atoms with van der Waals surface area (Å²) in [5.41, 5.74) is 4.34. The number of sulfonamides is 1. The first-order chi connectivity index (χ1) is 11.9. The van der Waals surface area contributed by atoms with E-state index in [9.17, 15) is 8.42 Å². The normalized spacial score (nSPS) is 18.9. The summed E-state index contributed by atoms with van der Waals surface area (Å²) in [4.78, 5) is 3.84. The van der Waals surface area contributed by atoms with Crippen molar-refractivity contribution in [3.05, 3.63) is 65.4 Å². The number of nitrogens with zero attached hydrogens (tertiary/aromatic N) is 1. The van der Waals surface area contributed by atoms with E-state index in [1.165, 1.54) is 5.39 Å². The third-order valence-corrected chi connectivity index (χ3v) is 7.12. The molecule has 1 aliphatic rings. The van der Waals surface area contributed by atoms with Gasteiger partial charge in [0, 0.05) is 30.2 Å². The van der Waals surface area contributed by atoms with Crippen molar-refractivity contribution in [3.8, 4) is 0 Å². The standard InChI is InChI=1S/C20H22N2O2S/c1-14-7-8-18(11-15(14)2)25(23,24)22-10-9-17(13-22)20-12-16-5-3-4-6-19(16)21-20/h3-8,11-12,17,21H,9-10,13H2,1-2H3. The molecular weight excluding hydrogens is 332 g/mol. The highest BCUT2D eigenvalue weighted by molar-refractivity contribution is 7.89. The summed E-state index contributed by atoms with van der Waals surface area (Å²) in [5.74, 6) is 0.216. The number of aromatic amines is 1. The minimum Gasteiger partial charge on any atom is -0.358 e. The Bertz CT molecular complexity index is 1000. The van der Waals surface area contributed by atoms with Crippen molar-refractivity contribution in [2.75, 3.05) is 13.1 Å². The molecule has 1 fully saturated rings. The number of hydrogen-bond acceptors (Lipinski definition) is 2. The molecule has 1 unspecified atom stereocenters. The van der Waals surface area contributed by atoms with Gasteiger partial charge < -0.3 is 4.98 Å². The Labute approximate surface area is 148 Å². The maximum Gasteiger partial charge on any atom is 0.243 e. The molecule has 1 aromatic heterocycles. The van der Waals surface area contributed by atoms with Gasteiger partial charge in [0.05, 0.1) is 4.90 Å². The molecule has 4 rings (SSSR count). The van der Waals surface area contributed by atoms with Crippen molar-refractivity contribution >= 4 is 20.9 Å². The fraction of sp³-hybridized carbons (Fsp3) is 0.300. The van der Waals surface area contributed by atoms with Gasteiger partial charge in [-0.2, -0.15) is 4.31 Å². The predicted octanol–water partition coefficient (Wildman–Crippen LogP) is 3.96. The van der Waals surface area contributed by atoms with Crippen LogP contribution in [-0.4, -0.2) is 30.8 Å². The third-order valence-electron chi connectivity index (χ3n) is 5.26. The maximum atomic E-state index is 13.0. The van der Waals surface area contributed by atoms with Crippen molar-refractivity contribution in [2.45, 2.75) is 31.1 Å². The molecule has 1 aliphatic heterocycles. The van der Waals surface area contributed by atoms with Crippen LogP contribution in [0.5, 0.6) is 0 Å². The number of nitrogens with one attached hydrogen (secondary N) is 1. The smallest absolute Gasteiger partial charge is 0.243 e. The second-order valence-corrected chi connectivity index (χ2v) is 8.84. The zero-order chi connectivity index (χ0) is 17.6. The van der Waals surface area contributed by atoms with Gasteiger partial charge in [-0.15, -0.1) is 0 Å². The lowest BCUT2D eigenvalue weighted by Crippen LogP contribution is -2.28. The molecule has 0 spiro atoms. The van der Waals surface area contributed by atoms with Gasteiger partial charge in [0.15, 0.2) is 0 Å². The number of aryl methyl sites for hydroxylation is 2. The first-order valence-electron chi connectivity index (χ1n) is 8.60. The second kappa shape index (κ2) is 6.00. The molecule has 25 heavy (non-hydrogen) atoms. The molecule has 1 N–H and O–H groups in total. The Morgan fingerprint density at radius 2 is 1.84 bits per heavy atom. The van der Waals surface area contributed by atoms with Crippen LogP contribution in [0.1, 0.15) is 29.2 Å². The van der Waals surface area contributed by atoms with Crippen LogP contribution >= 0.6 is 0 Å². The molecule has 0 amide bonds. The Hall–Kier alpha value is -2.11. The maximum absolute atomic E-state index is 13.0. The van der Waals surface area contributed by atoms with E-state index < -0.39 is 10.0 Å². The fourth-order valence-corrected chi connectivity index (χ4v) is 5.13. The molecule has 1 atom stereocenters. The first kappa shape index (κ1) is 16.4. The molecule has 0 aliphatic carbocycles. The summed E-state index contributed by atoms with van der Waals surface area (Å²) in [6.45, 7) is 5.04. The molecule has 0 bridgehead atoms. The van der Waals surface area contributed by atoms with E-state index in [0.29, 0.717) is 18.0 Å². The quantitative estimate of drug-likeness (QED) is 0.774. The van der Waals surface area contributed by atoms with Gasteiger partial charge in [0.25, 0.3) is 0 Å². The molecule has 3 aromatic rings. The minimum atomic E-state index is -3.43. The Kier molecular flexibility index (Phi) is 3.93. The van der Waals surface area contributed by atoms with Crippen LogP contribution in [0.2, 0.25) is 0 Å². The Morgan fingerprint density at radius 3 is 2.60 bits per heavy atom.